The third-order valence-electron chi connectivity index (χ3n) is 5.91. The number of nitrogens with zero attached hydrogens (tertiary/aromatic N) is 2. The molecule has 4 atom stereocenters. The average Bonchev–Trinajstić information content (AvgIpc) is 3.09. The molecule has 1 aliphatic carbocycles. The molecule has 1 aromatic carbocycles. The minimum Gasteiger partial charge on any atom is -0.372 e. The molecule has 4 nitrogen and oxygen atoms in total. The lowest BCUT2D eigenvalue weighted by Crippen LogP contribution is -2.46. The summed E-state index contributed by atoms with van der Waals surface area (Å²) in [6.07, 6.45) is 11.4. The maximum Gasteiger partial charge on any atom is 0.100 e. The molecule has 1 saturated heterocycles. The summed E-state index contributed by atoms with van der Waals surface area (Å²) in [6.45, 7) is 0.830. The fourth-order valence-corrected chi connectivity index (χ4v) is 4.56. The van der Waals surface area contributed by atoms with E-state index in [-0.39, 0.29) is 6.10 Å². The van der Waals surface area contributed by atoms with Crippen molar-refractivity contribution in [3.8, 4) is 0 Å². The molecule has 2 heterocycles. The van der Waals surface area contributed by atoms with Gasteiger partial charge in [-0.15, -0.1) is 0 Å². The van der Waals surface area contributed by atoms with Gasteiger partial charge in [-0.3, -0.25) is 0 Å². The highest BCUT2D eigenvalue weighted by atomic mass is 16.5. The Balaban J connectivity index is 1.44. The molecular weight excluding hydrogens is 310 g/mol. The number of ether oxygens (including phenoxy) is 1. The Labute approximate surface area is 150 Å². The van der Waals surface area contributed by atoms with Crippen molar-refractivity contribution in [3.05, 3.63) is 54.1 Å². The maximum atomic E-state index is 6.03. The van der Waals surface area contributed by atoms with Crippen LogP contribution in [0.25, 0.3) is 0 Å². The van der Waals surface area contributed by atoms with Crippen LogP contribution in [0.15, 0.2) is 42.9 Å². The van der Waals surface area contributed by atoms with Crippen LogP contribution in [0.1, 0.15) is 61.8 Å². The smallest absolute Gasteiger partial charge is 0.100 e. The van der Waals surface area contributed by atoms with Crippen LogP contribution in [0.2, 0.25) is 0 Å². The van der Waals surface area contributed by atoms with Crippen molar-refractivity contribution in [2.75, 3.05) is 6.61 Å². The first-order valence-electron chi connectivity index (χ1n) is 9.70. The standard InChI is InChI=1S/C21H29N3O/c1-24-15-22-14-20(24)21-13-17(11-12-25-21)23-19-10-6-5-9-18(19)16-7-3-2-4-8-16/h2-4,7-8,14-15,17-19,21,23H,5-6,9-13H2,1H3/t17-,18-,19+,21+/m1/s1. The van der Waals surface area contributed by atoms with Gasteiger partial charge >= 0.3 is 0 Å². The largest absolute Gasteiger partial charge is 0.372 e. The molecule has 0 unspecified atom stereocenters. The van der Waals surface area contributed by atoms with Crippen molar-refractivity contribution in [2.45, 2.75) is 62.6 Å². The third kappa shape index (κ3) is 3.80. The zero-order valence-electron chi connectivity index (χ0n) is 15.1. The van der Waals surface area contributed by atoms with E-state index in [1.54, 1.807) is 0 Å². The topological polar surface area (TPSA) is 39.1 Å². The summed E-state index contributed by atoms with van der Waals surface area (Å²) < 4.78 is 8.12. The van der Waals surface area contributed by atoms with E-state index in [2.05, 4.69) is 52.2 Å². The Bertz CT molecular complexity index is 669. The molecule has 1 N–H and O–H groups in total. The Morgan fingerprint density at radius 2 is 1.96 bits per heavy atom. The van der Waals surface area contributed by atoms with Gasteiger partial charge < -0.3 is 14.6 Å². The minimum atomic E-state index is 0.164. The highest BCUT2D eigenvalue weighted by Crippen LogP contribution is 2.35. The second kappa shape index (κ2) is 7.71. The molecular formula is C21H29N3O. The second-order valence-electron chi connectivity index (χ2n) is 7.58. The number of hydrogen-bond donors (Lipinski definition) is 1. The van der Waals surface area contributed by atoms with Crippen LogP contribution in [0.3, 0.4) is 0 Å². The molecule has 1 aliphatic heterocycles. The quantitative estimate of drug-likeness (QED) is 0.916. The van der Waals surface area contributed by atoms with E-state index in [4.69, 9.17) is 4.74 Å². The summed E-state index contributed by atoms with van der Waals surface area (Å²) in [5.74, 6) is 0.646. The first kappa shape index (κ1) is 16.8. The van der Waals surface area contributed by atoms with Crippen LogP contribution >= 0.6 is 0 Å². The summed E-state index contributed by atoms with van der Waals surface area (Å²) in [4.78, 5) is 4.25. The minimum absolute atomic E-state index is 0.164. The van der Waals surface area contributed by atoms with E-state index >= 15 is 0 Å². The van der Waals surface area contributed by atoms with Crippen LogP contribution in [0.4, 0.5) is 0 Å². The summed E-state index contributed by atoms with van der Waals surface area (Å²) in [7, 11) is 2.05. The molecule has 4 rings (SSSR count). The van der Waals surface area contributed by atoms with Gasteiger partial charge in [-0.05, 0) is 37.2 Å². The molecule has 0 spiro atoms. The van der Waals surface area contributed by atoms with Gasteiger partial charge in [0.05, 0.1) is 18.2 Å². The van der Waals surface area contributed by atoms with Gasteiger partial charge in [0.1, 0.15) is 6.10 Å². The zero-order chi connectivity index (χ0) is 17.1. The van der Waals surface area contributed by atoms with Crippen LogP contribution < -0.4 is 5.32 Å². The molecule has 2 fully saturated rings. The number of benzene rings is 1. The van der Waals surface area contributed by atoms with E-state index in [0.717, 1.165) is 19.4 Å². The first-order chi connectivity index (χ1) is 12.3. The van der Waals surface area contributed by atoms with Gasteiger partial charge in [-0.25, -0.2) is 4.98 Å². The van der Waals surface area contributed by atoms with Crippen molar-refractivity contribution in [1.29, 1.82) is 0 Å². The lowest BCUT2D eigenvalue weighted by Gasteiger charge is -2.38. The number of aromatic nitrogens is 2. The summed E-state index contributed by atoms with van der Waals surface area (Å²) >= 11 is 0. The van der Waals surface area contributed by atoms with Crippen molar-refractivity contribution >= 4 is 0 Å². The fourth-order valence-electron chi connectivity index (χ4n) is 4.56. The second-order valence-corrected chi connectivity index (χ2v) is 7.58. The third-order valence-corrected chi connectivity index (χ3v) is 5.91. The molecule has 4 heteroatoms. The molecule has 2 aromatic rings. The number of hydrogen-bond acceptors (Lipinski definition) is 3. The van der Waals surface area contributed by atoms with Crippen molar-refractivity contribution in [1.82, 2.24) is 14.9 Å². The lowest BCUT2D eigenvalue weighted by molar-refractivity contribution is -0.00697. The van der Waals surface area contributed by atoms with Crippen LogP contribution in [0, 0.1) is 0 Å². The van der Waals surface area contributed by atoms with Gasteiger partial charge in [-0.2, -0.15) is 0 Å². The highest BCUT2D eigenvalue weighted by molar-refractivity contribution is 5.22. The number of rotatable bonds is 4. The van der Waals surface area contributed by atoms with Gasteiger partial charge in [-0.1, -0.05) is 43.2 Å². The number of imidazole rings is 1. The Morgan fingerprint density at radius 3 is 2.76 bits per heavy atom. The average molecular weight is 339 g/mol. The molecule has 0 radical (unpaired) electrons. The molecule has 2 aliphatic rings. The molecule has 134 valence electrons. The maximum absolute atomic E-state index is 6.03. The molecule has 1 saturated carbocycles. The van der Waals surface area contributed by atoms with Crippen molar-refractivity contribution in [3.63, 3.8) is 0 Å². The van der Waals surface area contributed by atoms with Crippen LogP contribution in [-0.2, 0) is 11.8 Å². The predicted molar refractivity (Wildman–Crippen MR) is 99.5 cm³/mol. The first-order valence-corrected chi connectivity index (χ1v) is 9.70. The van der Waals surface area contributed by atoms with E-state index in [9.17, 15) is 0 Å². The Kier molecular flexibility index (Phi) is 5.18. The Morgan fingerprint density at radius 1 is 1.12 bits per heavy atom. The fraction of sp³-hybridized carbons (Fsp3) is 0.571. The van der Waals surface area contributed by atoms with Crippen LogP contribution in [0.5, 0.6) is 0 Å². The number of nitrogens with one attached hydrogen (secondary N) is 1. The zero-order valence-corrected chi connectivity index (χ0v) is 15.1. The van der Waals surface area contributed by atoms with E-state index in [1.165, 1.54) is 36.9 Å². The summed E-state index contributed by atoms with van der Waals surface area (Å²) in [5, 5.41) is 4.01. The Hall–Kier alpha value is -1.65. The molecule has 1 aromatic heterocycles. The SMILES string of the molecule is Cn1cncc1[C@@H]1C[C@H](N[C@H]2CCCC[C@@H]2c2ccccc2)CCO1. The van der Waals surface area contributed by atoms with Gasteiger partial charge in [0, 0.05) is 25.7 Å². The van der Waals surface area contributed by atoms with Gasteiger partial charge in [0.15, 0.2) is 0 Å². The van der Waals surface area contributed by atoms with Crippen LogP contribution in [-0.4, -0.2) is 28.2 Å². The highest BCUT2D eigenvalue weighted by Gasteiger charge is 2.31. The van der Waals surface area contributed by atoms with Crippen molar-refractivity contribution in [2.24, 2.45) is 7.05 Å². The van der Waals surface area contributed by atoms with E-state index in [1.807, 2.05) is 12.5 Å². The van der Waals surface area contributed by atoms with E-state index < -0.39 is 0 Å². The van der Waals surface area contributed by atoms with Gasteiger partial charge in [0.25, 0.3) is 0 Å². The number of aryl methyl sites for hydroxylation is 1. The monoisotopic (exact) mass is 339 g/mol. The normalized spacial score (nSPS) is 30.3. The molecule has 0 bridgehead atoms. The molecule has 0 amide bonds. The summed E-state index contributed by atoms with van der Waals surface area (Å²) in [6, 6.07) is 12.2. The van der Waals surface area contributed by atoms with E-state index in [0.29, 0.717) is 18.0 Å². The molecule has 25 heavy (non-hydrogen) atoms. The van der Waals surface area contributed by atoms with Crippen molar-refractivity contribution < 1.29 is 4.74 Å². The van der Waals surface area contributed by atoms with Gasteiger partial charge in [0.2, 0.25) is 0 Å². The predicted octanol–water partition coefficient (Wildman–Crippen LogP) is 3.96. The summed E-state index contributed by atoms with van der Waals surface area (Å²) in [5.41, 5.74) is 2.68. The lowest BCUT2D eigenvalue weighted by atomic mass is 9.79.